The molecule has 0 aliphatic heterocycles. The van der Waals surface area contributed by atoms with Gasteiger partial charge in [-0.1, -0.05) is 0 Å². The zero-order valence-corrected chi connectivity index (χ0v) is 17.5. The molecule has 7 nitrogen and oxygen atoms in total. The number of aryl methyl sites for hydroxylation is 1. The van der Waals surface area contributed by atoms with Crippen molar-refractivity contribution in [3.8, 4) is 0 Å². The second-order valence-electron chi connectivity index (χ2n) is 6.09. The van der Waals surface area contributed by atoms with Crippen molar-refractivity contribution in [2.24, 2.45) is 4.99 Å². The third kappa shape index (κ3) is 7.70. The zero-order chi connectivity index (χ0) is 19.5. The van der Waals surface area contributed by atoms with Crippen molar-refractivity contribution in [2.75, 3.05) is 26.3 Å². The summed E-state index contributed by atoms with van der Waals surface area (Å²) >= 11 is 1.36. The van der Waals surface area contributed by atoms with Crippen LogP contribution < -0.4 is 10.6 Å². The minimum absolute atomic E-state index is 0.0633. The molecule has 0 aromatic carbocycles. The summed E-state index contributed by atoms with van der Waals surface area (Å²) in [6.45, 7) is 14.2. The van der Waals surface area contributed by atoms with Crippen LogP contribution in [-0.2, 0) is 9.47 Å². The van der Waals surface area contributed by atoms with Gasteiger partial charge >= 0.3 is 5.97 Å². The average Bonchev–Trinajstić information content (AvgIpc) is 2.96. The molecule has 148 valence electrons. The van der Waals surface area contributed by atoms with E-state index >= 15 is 0 Å². The number of rotatable bonds is 10. The van der Waals surface area contributed by atoms with E-state index in [1.807, 2.05) is 34.6 Å². The van der Waals surface area contributed by atoms with Gasteiger partial charge in [0, 0.05) is 19.7 Å². The first-order chi connectivity index (χ1) is 12.4. The number of carbonyl (C=O) groups is 1. The number of aliphatic imine (C=N–C) groups is 1. The van der Waals surface area contributed by atoms with E-state index in [0.717, 1.165) is 23.9 Å². The fourth-order valence-corrected chi connectivity index (χ4v) is 3.11. The van der Waals surface area contributed by atoms with Gasteiger partial charge in [-0.2, -0.15) is 0 Å². The number of carbonyl (C=O) groups excluding carboxylic acids is 1. The number of esters is 1. The van der Waals surface area contributed by atoms with E-state index in [4.69, 9.17) is 9.47 Å². The first kappa shape index (κ1) is 22.4. The van der Waals surface area contributed by atoms with Crippen LogP contribution >= 0.6 is 11.3 Å². The summed E-state index contributed by atoms with van der Waals surface area (Å²) in [6.07, 6.45) is 1.11. The number of hydrogen-bond acceptors (Lipinski definition) is 6. The molecule has 1 aromatic heterocycles. The molecular formula is C18H32N4O3S. The summed E-state index contributed by atoms with van der Waals surface area (Å²) in [5, 5.41) is 7.40. The summed E-state index contributed by atoms with van der Waals surface area (Å²) < 4.78 is 10.6. The van der Waals surface area contributed by atoms with Gasteiger partial charge < -0.3 is 20.1 Å². The van der Waals surface area contributed by atoms with Crippen molar-refractivity contribution < 1.29 is 14.3 Å². The Morgan fingerprint density at radius 2 is 2.04 bits per heavy atom. The van der Waals surface area contributed by atoms with E-state index < -0.39 is 0 Å². The topological polar surface area (TPSA) is 84.8 Å². The number of nitrogens with one attached hydrogen (secondary N) is 2. The van der Waals surface area contributed by atoms with Crippen LogP contribution in [0.15, 0.2) is 4.99 Å². The lowest BCUT2D eigenvalue weighted by molar-refractivity contribution is 0.0531. The summed E-state index contributed by atoms with van der Waals surface area (Å²) in [4.78, 5) is 21.6. The first-order valence-corrected chi connectivity index (χ1v) is 10.0. The highest BCUT2D eigenvalue weighted by Crippen LogP contribution is 2.24. The Kier molecular flexibility index (Phi) is 10.2. The van der Waals surface area contributed by atoms with Gasteiger partial charge in [0.25, 0.3) is 0 Å². The van der Waals surface area contributed by atoms with Crippen molar-refractivity contribution in [3.05, 3.63) is 15.6 Å². The molecule has 0 amide bonds. The standard InChI is InChI=1S/C18H32N4O3S/c1-7-19-18(20-10-9-11-25-12(3)4)22-14(6)16-21-13(5)15(26-16)17(23)24-8-2/h12,14H,7-11H2,1-6H3,(H2,19,20,22). The average molecular weight is 385 g/mol. The number of guanidine groups is 1. The molecule has 26 heavy (non-hydrogen) atoms. The molecule has 1 rings (SSSR count). The maximum atomic E-state index is 12.0. The van der Waals surface area contributed by atoms with Crippen LogP contribution in [0, 0.1) is 6.92 Å². The lowest BCUT2D eigenvalue weighted by atomic mass is 10.3. The summed E-state index contributed by atoms with van der Waals surface area (Å²) in [5.41, 5.74) is 0.699. The molecule has 0 saturated heterocycles. The van der Waals surface area contributed by atoms with Gasteiger partial charge in [-0.15, -0.1) is 11.3 Å². The number of hydrogen-bond donors (Lipinski definition) is 2. The van der Waals surface area contributed by atoms with E-state index in [2.05, 4.69) is 20.6 Å². The number of nitrogens with zero attached hydrogens (tertiary/aromatic N) is 2. The van der Waals surface area contributed by atoms with Crippen molar-refractivity contribution >= 4 is 23.3 Å². The molecule has 0 aliphatic carbocycles. The van der Waals surface area contributed by atoms with Crippen LogP contribution in [0.4, 0.5) is 0 Å². The van der Waals surface area contributed by atoms with Crippen molar-refractivity contribution in [1.29, 1.82) is 0 Å². The lowest BCUT2D eigenvalue weighted by Gasteiger charge is -2.16. The van der Waals surface area contributed by atoms with Crippen molar-refractivity contribution in [2.45, 2.75) is 60.1 Å². The number of aromatic nitrogens is 1. The van der Waals surface area contributed by atoms with Crippen LogP contribution in [0.25, 0.3) is 0 Å². The van der Waals surface area contributed by atoms with Gasteiger partial charge in [0.05, 0.1) is 24.4 Å². The fraction of sp³-hybridized carbons (Fsp3) is 0.722. The van der Waals surface area contributed by atoms with Crippen LogP contribution in [0.1, 0.15) is 67.5 Å². The summed E-state index contributed by atoms with van der Waals surface area (Å²) in [6, 6.07) is -0.0633. The maximum absolute atomic E-state index is 12.0. The second-order valence-corrected chi connectivity index (χ2v) is 7.12. The van der Waals surface area contributed by atoms with Crippen LogP contribution in [0.2, 0.25) is 0 Å². The second kappa shape index (κ2) is 11.9. The Morgan fingerprint density at radius 3 is 2.65 bits per heavy atom. The van der Waals surface area contributed by atoms with E-state index in [1.165, 1.54) is 11.3 Å². The minimum atomic E-state index is -0.313. The highest BCUT2D eigenvalue weighted by molar-refractivity contribution is 7.13. The molecule has 1 unspecified atom stereocenters. The third-order valence-electron chi connectivity index (χ3n) is 3.37. The van der Waals surface area contributed by atoms with Crippen LogP contribution in [0.5, 0.6) is 0 Å². The molecule has 0 bridgehead atoms. The summed E-state index contributed by atoms with van der Waals surface area (Å²) in [7, 11) is 0. The Morgan fingerprint density at radius 1 is 1.31 bits per heavy atom. The van der Waals surface area contributed by atoms with Gasteiger partial charge in [-0.3, -0.25) is 4.99 Å². The van der Waals surface area contributed by atoms with Crippen molar-refractivity contribution in [3.63, 3.8) is 0 Å². The molecule has 1 heterocycles. The minimum Gasteiger partial charge on any atom is -0.462 e. The molecular weight excluding hydrogens is 352 g/mol. The fourth-order valence-electron chi connectivity index (χ4n) is 2.15. The first-order valence-electron chi connectivity index (χ1n) is 9.19. The molecule has 8 heteroatoms. The number of ether oxygens (including phenoxy) is 2. The largest absolute Gasteiger partial charge is 0.462 e. The predicted octanol–water partition coefficient (Wildman–Crippen LogP) is 3.06. The van der Waals surface area contributed by atoms with Gasteiger partial charge in [-0.25, -0.2) is 9.78 Å². The molecule has 1 aromatic rings. The van der Waals surface area contributed by atoms with E-state index in [0.29, 0.717) is 30.3 Å². The van der Waals surface area contributed by atoms with Crippen LogP contribution in [-0.4, -0.2) is 49.3 Å². The highest BCUT2D eigenvalue weighted by atomic mass is 32.1. The molecule has 0 spiro atoms. The molecule has 2 N–H and O–H groups in total. The van der Waals surface area contributed by atoms with Crippen molar-refractivity contribution in [1.82, 2.24) is 15.6 Å². The van der Waals surface area contributed by atoms with Crippen LogP contribution in [0.3, 0.4) is 0 Å². The quantitative estimate of drug-likeness (QED) is 0.279. The van der Waals surface area contributed by atoms with Gasteiger partial charge in [-0.05, 0) is 48.0 Å². The highest BCUT2D eigenvalue weighted by Gasteiger charge is 2.20. The maximum Gasteiger partial charge on any atom is 0.350 e. The molecule has 0 aliphatic rings. The van der Waals surface area contributed by atoms with Gasteiger partial charge in [0.15, 0.2) is 5.96 Å². The molecule has 0 fully saturated rings. The summed E-state index contributed by atoms with van der Waals surface area (Å²) in [5.74, 6) is 0.418. The Bertz CT molecular complexity index is 587. The molecule has 1 atom stereocenters. The Hall–Kier alpha value is -1.67. The zero-order valence-electron chi connectivity index (χ0n) is 16.7. The Labute approximate surface area is 160 Å². The lowest BCUT2D eigenvalue weighted by Crippen LogP contribution is -2.38. The number of thiazole rings is 1. The van der Waals surface area contributed by atoms with Gasteiger partial charge in [0.2, 0.25) is 0 Å². The third-order valence-corrected chi connectivity index (χ3v) is 4.69. The normalized spacial score (nSPS) is 13.0. The van der Waals surface area contributed by atoms with E-state index in [9.17, 15) is 4.79 Å². The Balaban J connectivity index is 2.67. The van der Waals surface area contributed by atoms with E-state index in [1.54, 1.807) is 6.92 Å². The predicted molar refractivity (Wildman–Crippen MR) is 106 cm³/mol. The SMILES string of the molecule is CCNC(=NCCCOC(C)C)NC(C)c1nc(C)c(C(=O)OCC)s1. The van der Waals surface area contributed by atoms with Gasteiger partial charge in [0.1, 0.15) is 9.88 Å². The smallest absolute Gasteiger partial charge is 0.350 e. The molecule has 0 radical (unpaired) electrons. The molecule has 0 saturated carbocycles. The monoisotopic (exact) mass is 384 g/mol. The van der Waals surface area contributed by atoms with E-state index in [-0.39, 0.29) is 18.1 Å².